The van der Waals surface area contributed by atoms with E-state index in [-0.39, 0.29) is 11.5 Å². The number of hydrogen-bond donors (Lipinski definition) is 0. The van der Waals surface area contributed by atoms with E-state index in [0.29, 0.717) is 0 Å². The van der Waals surface area contributed by atoms with Crippen LogP contribution in [0.3, 0.4) is 0 Å². The van der Waals surface area contributed by atoms with Crippen LogP contribution in [0.2, 0.25) is 0 Å². The molecular formula is C7H3N2O3. The fourth-order valence-corrected chi connectivity index (χ4v) is 0.632. The second-order valence-corrected chi connectivity index (χ2v) is 1.93. The molecule has 1 aromatic rings. The molecule has 0 aliphatic rings. The summed E-state index contributed by atoms with van der Waals surface area (Å²) >= 11 is 0. The van der Waals surface area contributed by atoms with Gasteiger partial charge >= 0.3 is 5.91 Å². The first-order chi connectivity index (χ1) is 5.65. The van der Waals surface area contributed by atoms with Gasteiger partial charge in [0.2, 0.25) is 5.76 Å². The molecule has 1 heterocycles. The van der Waals surface area contributed by atoms with Crippen LogP contribution in [0.1, 0.15) is 16.3 Å². The number of carbonyl (C=O) groups is 2. The lowest BCUT2D eigenvalue weighted by Gasteiger charge is -1.85. The molecule has 0 unspecified atom stereocenters. The fraction of sp³-hybridized carbons (Fsp3) is 0. The standard InChI is InChI=1S/C7H3N2O3/c8-3-4-1-2-5(12-4)6(10)7(9)11/h1-2,9H. The van der Waals surface area contributed by atoms with Crippen LogP contribution >= 0.6 is 0 Å². The molecule has 1 radical (unpaired) electrons. The van der Waals surface area contributed by atoms with Gasteiger partial charge in [-0.1, -0.05) is 0 Å². The lowest BCUT2D eigenvalue weighted by molar-refractivity contribution is -0.114. The number of nitrogens with zero attached hydrogens (tertiary/aromatic N) is 1. The van der Waals surface area contributed by atoms with E-state index in [9.17, 15) is 9.59 Å². The fourth-order valence-electron chi connectivity index (χ4n) is 0.632. The van der Waals surface area contributed by atoms with Gasteiger partial charge in [-0.15, -0.1) is 0 Å². The zero-order valence-corrected chi connectivity index (χ0v) is 5.83. The van der Waals surface area contributed by atoms with Crippen LogP contribution in [0.4, 0.5) is 0 Å². The summed E-state index contributed by atoms with van der Waals surface area (Å²) in [6.45, 7) is 0. The number of carbonyl (C=O) groups excluding carboxylic acids is 2. The van der Waals surface area contributed by atoms with Crippen LogP contribution in [-0.4, -0.2) is 11.7 Å². The molecule has 1 N–H and O–H groups in total. The molecule has 5 nitrogen and oxygen atoms in total. The van der Waals surface area contributed by atoms with Gasteiger partial charge in [-0.25, -0.2) is 0 Å². The Bertz CT molecular complexity index is 372. The molecule has 1 amide bonds. The summed E-state index contributed by atoms with van der Waals surface area (Å²) in [5.41, 5.74) is 6.46. The molecule has 0 fully saturated rings. The quantitative estimate of drug-likeness (QED) is 0.457. The molecule has 0 atom stereocenters. The van der Waals surface area contributed by atoms with E-state index in [1.54, 1.807) is 6.07 Å². The van der Waals surface area contributed by atoms with Crippen LogP contribution in [0, 0.1) is 11.3 Å². The van der Waals surface area contributed by atoms with Crippen molar-refractivity contribution < 1.29 is 14.0 Å². The van der Waals surface area contributed by atoms with E-state index >= 15 is 0 Å². The zero-order valence-electron chi connectivity index (χ0n) is 5.83. The van der Waals surface area contributed by atoms with Gasteiger partial charge in [-0.2, -0.15) is 5.26 Å². The molecule has 12 heavy (non-hydrogen) atoms. The van der Waals surface area contributed by atoms with E-state index in [1.165, 1.54) is 12.1 Å². The molecule has 0 aliphatic carbocycles. The second kappa shape index (κ2) is 2.88. The monoisotopic (exact) mass is 163 g/mol. The Morgan fingerprint density at radius 2 is 2.17 bits per heavy atom. The first-order valence-electron chi connectivity index (χ1n) is 2.95. The van der Waals surface area contributed by atoms with Crippen LogP contribution in [0.25, 0.3) is 0 Å². The number of Topliss-reactive ketones (excluding diaryl/α,β-unsaturated/α-hetero) is 1. The van der Waals surface area contributed by atoms with Crippen molar-refractivity contribution >= 4 is 11.7 Å². The van der Waals surface area contributed by atoms with E-state index < -0.39 is 11.7 Å². The Morgan fingerprint density at radius 3 is 2.58 bits per heavy atom. The predicted octanol–water partition coefficient (Wildman–Crippen LogP) is 0.143. The van der Waals surface area contributed by atoms with Gasteiger partial charge in [0.05, 0.1) is 0 Å². The minimum atomic E-state index is -1.35. The highest BCUT2D eigenvalue weighted by Crippen LogP contribution is 2.06. The number of nitriles is 1. The van der Waals surface area contributed by atoms with Crippen molar-refractivity contribution in [1.29, 1.82) is 5.26 Å². The molecule has 1 rings (SSSR count). The van der Waals surface area contributed by atoms with Crippen molar-refractivity contribution in [2.24, 2.45) is 0 Å². The number of hydrogen-bond acceptors (Lipinski definition) is 4. The lowest BCUT2D eigenvalue weighted by Crippen LogP contribution is -2.13. The van der Waals surface area contributed by atoms with Crippen LogP contribution in [0.15, 0.2) is 16.5 Å². The third-order valence-electron chi connectivity index (χ3n) is 1.15. The Balaban J connectivity index is 2.99. The van der Waals surface area contributed by atoms with E-state index in [2.05, 4.69) is 4.42 Å². The summed E-state index contributed by atoms with van der Waals surface area (Å²) in [6.07, 6.45) is 0. The summed E-state index contributed by atoms with van der Waals surface area (Å²) in [5.74, 6) is -2.73. The summed E-state index contributed by atoms with van der Waals surface area (Å²) in [6, 6.07) is 4.10. The summed E-state index contributed by atoms with van der Waals surface area (Å²) in [7, 11) is 0. The maximum atomic E-state index is 10.7. The molecule has 0 aliphatic heterocycles. The van der Waals surface area contributed by atoms with Gasteiger partial charge in [0.1, 0.15) is 6.07 Å². The highest BCUT2D eigenvalue weighted by Gasteiger charge is 2.16. The van der Waals surface area contributed by atoms with Crippen molar-refractivity contribution in [3.8, 4) is 6.07 Å². The van der Waals surface area contributed by atoms with Crippen LogP contribution in [0.5, 0.6) is 0 Å². The first kappa shape index (κ1) is 8.01. The highest BCUT2D eigenvalue weighted by molar-refractivity contribution is 6.41. The van der Waals surface area contributed by atoms with Crippen molar-refractivity contribution in [1.82, 2.24) is 5.73 Å². The summed E-state index contributed by atoms with van der Waals surface area (Å²) in [4.78, 5) is 20.9. The first-order valence-corrected chi connectivity index (χ1v) is 2.95. The smallest absolute Gasteiger partial charge is 0.314 e. The average Bonchev–Trinajstić information content (AvgIpc) is 2.50. The minimum absolute atomic E-state index is 0.0559. The molecule has 0 aromatic carbocycles. The average molecular weight is 163 g/mol. The van der Waals surface area contributed by atoms with Gasteiger partial charge < -0.3 is 4.42 Å². The van der Waals surface area contributed by atoms with Gasteiger partial charge in [0.25, 0.3) is 5.78 Å². The van der Waals surface area contributed by atoms with Crippen LogP contribution in [-0.2, 0) is 4.79 Å². The molecule has 1 aromatic heterocycles. The maximum Gasteiger partial charge on any atom is 0.314 e. The molecule has 5 heteroatoms. The molecule has 59 valence electrons. The molecular weight excluding hydrogens is 160 g/mol. The Labute approximate surface area is 67.4 Å². The lowest BCUT2D eigenvalue weighted by atomic mass is 10.3. The second-order valence-electron chi connectivity index (χ2n) is 1.93. The van der Waals surface area contributed by atoms with Gasteiger partial charge in [-0.05, 0) is 12.1 Å². The van der Waals surface area contributed by atoms with Gasteiger partial charge in [0.15, 0.2) is 5.76 Å². The minimum Gasteiger partial charge on any atom is -0.442 e. The normalized spacial score (nSPS) is 8.92. The van der Waals surface area contributed by atoms with Gasteiger partial charge in [-0.3, -0.25) is 15.3 Å². The van der Waals surface area contributed by atoms with E-state index in [1.807, 2.05) is 0 Å². The SMILES string of the molecule is N#Cc1ccc(C(=O)C([NH])=O)o1. The molecule has 0 spiro atoms. The number of furan rings is 1. The predicted molar refractivity (Wildman–Crippen MR) is 35.9 cm³/mol. The van der Waals surface area contributed by atoms with Crippen molar-refractivity contribution in [3.05, 3.63) is 23.7 Å². The number of amides is 1. The largest absolute Gasteiger partial charge is 0.442 e. The zero-order chi connectivity index (χ0) is 9.14. The molecule has 0 bridgehead atoms. The third kappa shape index (κ3) is 1.32. The van der Waals surface area contributed by atoms with Crippen molar-refractivity contribution in [2.75, 3.05) is 0 Å². The van der Waals surface area contributed by atoms with Crippen LogP contribution < -0.4 is 5.73 Å². The van der Waals surface area contributed by atoms with Gasteiger partial charge in [0, 0.05) is 0 Å². The number of ketones is 1. The Kier molecular flexibility index (Phi) is 1.92. The van der Waals surface area contributed by atoms with E-state index in [4.69, 9.17) is 11.0 Å². The van der Waals surface area contributed by atoms with Crippen molar-refractivity contribution in [3.63, 3.8) is 0 Å². The number of nitrogens with one attached hydrogen (secondary N) is 1. The highest BCUT2D eigenvalue weighted by atomic mass is 16.3. The maximum absolute atomic E-state index is 10.7. The Hall–Kier alpha value is -2.09. The third-order valence-corrected chi connectivity index (χ3v) is 1.15. The molecule has 0 saturated carbocycles. The topological polar surface area (TPSA) is 94.9 Å². The van der Waals surface area contributed by atoms with E-state index in [0.717, 1.165) is 0 Å². The summed E-state index contributed by atoms with van der Waals surface area (Å²) < 4.78 is 4.60. The van der Waals surface area contributed by atoms with Crippen molar-refractivity contribution in [2.45, 2.75) is 0 Å². The molecule has 0 saturated heterocycles. The number of rotatable bonds is 2. The summed E-state index contributed by atoms with van der Waals surface area (Å²) in [5, 5.41) is 8.28. The Morgan fingerprint density at radius 1 is 1.50 bits per heavy atom.